The van der Waals surface area contributed by atoms with Crippen molar-refractivity contribution < 1.29 is 19.4 Å². The third-order valence-corrected chi connectivity index (χ3v) is 6.78. The molecule has 5 rings (SSSR count). The minimum atomic E-state index is -0.698. The van der Waals surface area contributed by atoms with Gasteiger partial charge in [0.15, 0.2) is 0 Å². The average Bonchev–Trinajstić information content (AvgIpc) is 3.00. The fraction of sp³-hybridized carbons (Fsp3) is 0.391. The van der Waals surface area contributed by atoms with Crippen molar-refractivity contribution in [2.75, 3.05) is 19.7 Å². The summed E-state index contributed by atoms with van der Waals surface area (Å²) in [5.41, 5.74) is 4.85. The first-order valence-corrected chi connectivity index (χ1v) is 9.96. The number of carboxylic acids is 1. The van der Waals surface area contributed by atoms with E-state index in [0.717, 1.165) is 6.42 Å². The van der Waals surface area contributed by atoms with Gasteiger partial charge in [0.25, 0.3) is 0 Å². The number of ether oxygens (including phenoxy) is 1. The fourth-order valence-electron chi connectivity index (χ4n) is 5.27. The van der Waals surface area contributed by atoms with Crippen LogP contribution in [0.4, 0.5) is 4.79 Å². The second-order valence-electron chi connectivity index (χ2n) is 8.14. The fourth-order valence-corrected chi connectivity index (χ4v) is 5.27. The van der Waals surface area contributed by atoms with Gasteiger partial charge in [-0.1, -0.05) is 48.5 Å². The van der Waals surface area contributed by atoms with Gasteiger partial charge in [-0.25, -0.2) is 4.79 Å². The van der Waals surface area contributed by atoms with Crippen molar-refractivity contribution in [1.82, 2.24) is 4.90 Å². The van der Waals surface area contributed by atoms with E-state index >= 15 is 0 Å². The number of rotatable bonds is 3. The predicted molar refractivity (Wildman–Crippen MR) is 104 cm³/mol. The lowest BCUT2D eigenvalue weighted by atomic mass is 9.61. The number of likely N-dealkylation sites (tertiary alicyclic amines) is 1. The molecule has 2 aromatic rings. The molecule has 144 valence electrons. The monoisotopic (exact) mass is 377 g/mol. The molecule has 0 bridgehead atoms. The van der Waals surface area contributed by atoms with E-state index in [1.807, 2.05) is 24.3 Å². The van der Waals surface area contributed by atoms with Crippen LogP contribution in [0, 0.1) is 17.8 Å². The Bertz CT molecular complexity index is 894. The van der Waals surface area contributed by atoms with E-state index < -0.39 is 5.97 Å². The SMILES string of the molecule is O=C(O)C1CC2CN(C(=O)OCC3c4ccccc4-c4ccccc43)CCC21. The van der Waals surface area contributed by atoms with Crippen LogP contribution in [0.25, 0.3) is 11.1 Å². The summed E-state index contributed by atoms with van der Waals surface area (Å²) in [6.07, 6.45) is 1.15. The van der Waals surface area contributed by atoms with Gasteiger partial charge in [-0.3, -0.25) is 4.79 Å². The molecule has 1 N–H and O–H groups in total. The number of nitrogens with zero attached hydrogens (tertiary/aromatic N) is 1. The molecule has 1 aliphatic heterocycles. The van der Waals surface area contributed by atoms with E-state index in [-0.39, 0.29) is 23.8 Å². The highest BCUT2D eigenvalue weighted by Gasteiger charge is 2.48. The zero-order chi connectivity index (χ0) is 19.3. The van der Waals surface area contributed by atoms with Crippen LogP contribution in [-0.4, -0.2) is 41.8 Å². The lowest BCUT2D eigenvalue weighted by Crippen LogP contribution is -2.53. The number of hydrogen-bond donors (Lipinski definition) is 1. The van der Waals surface area contributed by atoms with Crippen LogP contribution in [0.15, 0.2) is 48.5 Å². The van der Waals surface area contributed by atoms with Crippen molar-refractivity contribution in [3.05, 3.63) is 59.7 Å². The Labute approximate surface area is 163 Å². The zero-order valence-corrected chi connectivity index (χ0v) is 15.6. The van der Waals surface area contributed by atoms with E-state index in [4.69, 9.17) is 4.74 Å². The van der Waals surface area contributed by atoms with E-state index in [0.29, 0.717) is 32.0 Å². The molecule has 0 spiro atoms. The van der Waals surface area contributed by atoms with Crippen LogP contribution in [0.5, 0.6) is 0 Å². The van der Waals surface area contributed by atoms with Crippen LogP contribution < -0.4 is 0 Å². The number of fused-ring (bicyclic) bond motifs is 4. The van der Waals surface area contributed by atoms with Crippen molar-refractivity contribution in [2.45, 2.75) is 18.8 Å². The summed E-state index contributed by atoms with van der Waals surface area (Å²) in [6, 6.07) is 16.6. The van der Waals surface area contributed by atoms with Gasteiger partial charge in [0.2, 0.25) is 0 Å². The number of amides is 1. The quantitative estimate of drug-likeness (QED) is 0.879. The maximum absolute atomic E-state index is 12.7. The first-order valence-electron chi connectivity index (χ1n) is 9.96. The van der Waals surface area contributed by atoms with E-state index in [1.165, 1.54) is 22.3 Å². The molecule has 2 aliphatic carbocycles. The highest BCUT2D eigenvalue weighted by Crippen LogP contribution is 2.46. The smallest absolute Gasteiger partial charge is 0.409 e. The average molecular weight is 377 g/mol. The molecular weight excluding hydrogens is 354 g/mol. The summed E-state index contributed by atoms with van der Waals surface area (Å²) in [6.45, 7) is 1.53. The minimum Gasteiger partial charge on any atom is -0.481 e. The molecule has 2 aromatic carbocycles. The van der Waals surface area contributed by atoms with Crippen LogP contribution in [0.3, 0.4) is 0 Å². The van der Waals surface area contributed by atoms with E-state index in [1.54, 1.807) is 4.90 Å². The second-order valence-corrected chi connectivity index (χ2v) is 8.14. The van der Waals surface area contributed by atoms with Gasteiger partial charge in [0, 0.05) is 19.0 Å². The van der Waals surface area contributed by atoms with Crippen molar-refractivity contribution in [3.8, 4) is 11.1 Å². The van der Waals surface area contributed by atoms with Gasteiger partial charge < -0.3 is 14.7 Å². The molecule has 1 heterocycles. The number of carbonyl (C=O) groups excluding carboxylic acids is 1. The lowest BCUT2D eigenvalue weighted by molar-refractivity contribution is -0.153. The summed E-state index contributed by atoms with van der Waals surface area (Å²) in [4.78, 5) is 25.6. The summed E-state index contributed by atoms with van der Waals surface area (Å²) < 4.78 is 5.73. The first-order chi connectivity index (χ1) is 13.6. The van der Waals surface area contributed by atoms with Crippen LogP contribution in [0.2, 0.25) is 0 Å². The second kappa shape index (κ2) is 6.66. The molecule has 1 amide bonds. The number of hydrogen-bond acceptors (Lipinski definition) is 3. The number of piperidine rings is 1. The maximum atomic E-state index is 12.7. The molecular formula is C23H23NO4. The Balaban J connectivity index is 1.25. The van der Waals surface area contributed by atoms with Crippen molar-refractivity contribution in [3.63, 3.8) is 0 Å². The third-order valence-electron chi connectivity index (χ3n) is 6.78. The largest absolute Gasteiger partial charge is 0.481 e. The Morgan fingerprint density at radius 1 is 1.04 bits per heavy atom. The Kier molecular flexibility index (Phi) is 4.11. The van der Waals surface area contributed by atoms with Crippen LogP contribution in [0.1, 0.15) is 29.9 Å². The van der Waals surface area contributed by atoms with Gasteiger partial charge in [-0.15, -0.1) is 0 Å². The standard InChI is InChI=1S/C23H23NO4/c25-22(26)20-11-14-12-24(10-9-15(14)20)23(27)28-13-21-18-7-3-1-5-16(18)17-6-2-4-8-19(17)21/h1-8,14-15,20-21H,9-13H2,(H,25,26). The molecule has 28 heavy (non-hydrogen) atoms. The topological polar surface area (TPSA) is 66.8 Å². The molecule has 5 nitrogen and oxygen atoms in total. The van der Waals surface area contributed by atoms with Gasteiger partial charge >= 0.3 is 12.1 Å². The molecule has 1 saturated carbocycles. The minimum absolute atomic E-state index is 0.0639. The maximum Gasteiger partial charge on any atom is 0.409 e. The summed E-state index contributed by atoms with van der Waals surface area (Å²) in [7, 11) is 0. The first kappa shape index (κ1) is 17.3. The number of carbonyl (C=O) groups is 2. The Morgan fingerprint density at radius 3 is 2.29 bits per heavy atom. The molecule has 0 radical (unpaired) electrons. The van der Waals surface area contributed by atoms with Gasteiger partial charge in [0.05, 0.1) is 5.92 Å². The van der Waals surface area contributed by atoms with Crippen molar-refractivity contribution in [2.24, 2.45) is 17.8 Å². The highest BCUT2D eigenvalue weighted by atomic mass is 16.6. The number of carboxylic acid groups (broad SMARTS) is 1. The van der Waals surface area contributed by atoms with E-state index in [2.05, 4.69) is 24.3 Å². The predicted octanol–water partition coefficient (Wildman–Crippen LogP) is 3.98. The summed E-state index contributed by atoms with van der Waals surface area (Å²) in [5.74, 6) is -0.343. The molecule has 3 atom stereocenters. The molecule has 2 fully saturated rings. The van der Waals surface area contributed by atoms with Crippen molar-refractivity contribution >= 4 is 12.1 Å². The third kappa shape index (κ3) is 2.68. The van der Waals surface area contributed by atoms with E-state index in [9.17, 15) is 14.7 Å². The Morgan fingerprint density at radius 2 is 1.68 bits per heavy atom. The molecule has 0 aromatic heterocycles. The summed E-state index contributed by atoms with van der Waals surface area (Å²) >= 11 is 0. The normalized spacial score (nSPS) is 25.3. The van der Waals surface area contributed by atoms with Crippen LogP contribution in [-0.2, 0) is 9.53 Å². The van der Waals surface area contributed by atoms with Gasteiger partial charge in [-0.2, -0.15) is 0 Å². The van der Waals surface area contributed by atoms with Crippen LogP contribution >= 0.6 is 0 Å². The van der Waals surface area contributed by atoms with Gasteiger partial charge in [0.1, 0.15) is 6.61 Å². The molecule has 1 saturated heterocycles. The molecule has 3 aliphatic rings. The Hall–Kier alpha value is -2.82. The number of benzene rings is 2. The van der Waals surface area contributed by atoms with Gasteiger partial charge in [-0.05, 0) is 46.9 Å². The lowest BCUT2D eigenvalue weighted by Gasteiger charge is -2.48. The molecule has 5 heteroatoms. The zero-order valence-electron chi connectivity index (χ0n) is 15.6. The van der Waals surface area contributed by atoms with Crippen molar-refractivity contribution in [1.29, 1.82) is 0 Å². The summed E-state index contributed by atoms with van der Waals surface area (Å²) in [5, 5.41) is 9.21. The number of aliphatic carboxylic acids is 1. The molecule has 3 unspecified atom stereocenters. The highest BCUT2D eigenvalue weighted by molar-refractivity contribution is 5.79.